The maximum Gasteiger partial charge on any atom is 0.254 e. The predicted octanol–water partition coefficient (Wildman–Crippen LogP) is 2.85. The Hall–Kier alpha value is -1.35. The highest BCUT2D eigenvalue weighted by molar-refractivity contribution is 5.95. The van der Waals surface area contributed by atoms with Crippen molar-refractivity contribution in [1.29, 1.82) is 0 Å². The number of aryl methyl sites for hydroxylation is 1. The Balaban J connectivity index is 2.07. The number of hydrogen-bond acceptors (Lipinski definition) is 2. The van der Waals surface area contributed by atoms with Crippen LogP contribution in [0, 0.1) is 0 Å². The van der Waals surface area contributed by atoms with Crippen LogP contribution in [-0.2, 0) is 6.42 Å². The molecule has 110 valence electrons. The molecule has 1 N–H and O–H groups in total. The second-order valence-electron chi connectivity index (χ2n) is 5.50. The number of rotatable bonds is 5. The number of nitrogens with one attached hydrogen (secondary N) is 1. The van der Waals surface area contributed by atoms with Crippen molar-refractivity contribution in [2.24, 2.45) is 0 Å². The van der Waals surface area contributed by atoms with Crippen molar-refractivity contribution in [3.05, 3.63) is 35.4 Å². The van der Waals surface area contributed by atoms with E-state index in [0.29, 0.717) is 6.04 Å². The van der Waals surface area contributed by atoms with Crippen LogP contribution in [-0.4, -0.2) is 36.5 Å². The summed E-state index contributed by atoms with van der Waals surface area (Å²) in [5.74, 6) is 0.178. The van der Waals surface area contributed by atoms with Crippen LogP contribution in [0.5, 0.6) is 0 Å². The van der Waals surface area contributed by atoms with Crippen molar-refractivity contribution in [3.63, 3.8) is 0 Å². The molecule has 2 rings (SSSR count). The van der Waals surface area contributed by atoms with Crippen LogP contribution >= 0.6 is 0 Å². The Kier molecular flexibility index (Phi) is 5.60. The first-order chi connectivity index (χ1) is 9.76. The number of hydrogen-bond donors (Lipinski definition) is 1. The number of likely N-dealkylation sites (N-methyl/N-ethyl adjacent to an activating group) is 1. The summed E-state index contributed by atoms with van der Waals surface area (Å²) in [6.45, 7) is 6.85. The zero-order chi connectivity index (χ0) is 14.4. The molecule has 0 spiro atoms. The van der Waals surface area contributed by atoms with Crippen molar-refractivity contribution in [1.82, 2.24) is 10.2 Å². The topological polar surface area (TPSA) is 32.3 Å². The lowest BCUT2D eigenvalue weighted by Gasteiger charge is -2.30. The Morgan fingerprint density at radius 2 is 2.10 bits per heavy atom. The summed E-state index contributed by atoms with van der Waals surface area (Å²) in [6.07, 6.45) is 4.62. The molecule has 1 aromatic rings. The summed E-state index contributed by atoms with van der Waals surface area (Å²) in [6, 6.07) is 8.44. The van der Waals surface area contributed by atoms with Crippen molar-refractivity contribution in [3.8, 4) is 0 Å². The van der Waals surface area contributed by atoms with Crippen LogP contribution in [0.25, 0.3) is 0 Å². The van der Waals surface area contributed by atoms with Gasteiger partial charge >= 0.3 is 0 Å². The van der Waals surface area contributed by atoms with Gasteiger partial charge in [-0.3, -0.25) is 4.79 Å². The molecule has 0 aliphatic carbocycles. The van der Waals surface area contributed by atoms with Gasteiger partial charge in [0.25, 0.3) is 5.91 Å². The van der Waals surface area contributed by atoms with E-state index in [1.165, 1.54) is 19.3 Å². The Bertz CT molecular complexity index is 438. The van der Waals surface area contributed by atoms with Gasteiger partial charge in [0.15, 0.2) is 0 Å². The van der Waals surface area contributed by atoms with Gasteiger partial charge in [0.1, 0.15) is 0 Å². The van der Waals surface area contributed by atoms with E-state index in [1.54, 1.807) is 0 Å². The van der Waals surface area contributed by atoms with Crippen LogP contribution in [0.2, 0.25) is 0 Å². The normalized spacial score (nSPS) is 18.8. The van der Waals surface area contributed by atoms with E-state index in [4.69, 9.17) is 0 Å². The third-order valence-electron chi connectivity index (χ3n) is 4.15. The number of piperidine rings is 1. The van der Waals surface area contributed by atoms with Gasteiger partial charge in [-0.15, -0.1) is 0 Å². The van der Waals surface area contributed by atoms with Gasteiger partial charge < -0.3 is 10.2 Å². The molecule has 20 heavy (non-hydrogen) atoms. The minimum Gasteiger partial charge on any atom is -0.337 e. The fourth-order valence-electron chi connectivity index (χ4n) is 2.91. The van der Waals surface area contributed by atoms with E-state index in [2.05, 4.69) is 25.2 Å². The molecule has 0 bridgehead atoms. The predicted molar refractivity (Wildman–Crippen MR) is 83.0 cm³/mol. The molecular weight excluding hydrogens is 248 g/mol. The summed E-state index contributed by atoms with van der Waals surface area (Å²) in [7, 11) is 0. The summed E-state index contributed by atoms with van der Waals surface area (Å²) in [4.78, 5) is 14.7. The molecule has 1 saturated heterocycles. The zero-order valence-electron chi connectivity index (χ0n) is 12.7. The molecule has 0 aromatic heterocycles. The molecule has 1 amide bonds. The van der Waals surface area contributed by atoms with E-state index in [0.717, 1.165) is 37.2 Å². The molecule has 1 aliphatic heterocycles. The molecule has 1 aliphatic rings. The second-order valence-corrected chi connectivity index (χ2v) is 5.50. The minimum atomic E-state index is 0.178. The molecule has 1 aromatic carbocycles. The summed E-state index contributed by atoms with van der Waals surface area (Å²) < 4.78 is 0. The van der Waals surface area contributed by atoms with Gasteiger partial charge in [0.05, 0.1) is 0 Å². The van der Waals surface area contributed by atoms with Gasteiger partial charge in [0.2, 0.25) is 0 Å². The van der Waals surface area contributed by atoms with E-state index < -0.39 is 0 Å². The fraction of sp³-hybridized carbons (Fsp3) is 0.588. The van der Waals surface area contributed by atoms with Gasteiger partial charge in [-0.25, -0.2) is 0 Å². The molecule has 1 unspecified atom stereocenters. The summed E-state index contributed by atoms with van der Waals surface area (Å²) >= 11 is 0. The lowest BCUT2D eigenvalue weighted by atomic mass is 10.0. The van der Waals surface area contributed by atoms with Gasteiger partial charge in [0, 0.05) is 24.7 Å². The van der Waals surface area contributed by atoms with E-state index in [9.17, 15) is 4.79 Å². The quantitative estimate of drug-likeness (QED) is 0.895. The SMILES string of the molecule is CCc1ccccc1C(=O)N(CC)CC1CCCCN1. The van der Waals surface area contributed by atoms with E-state index in [-0.39, 0.29) is 5.91 Å². The maximum atomic E-state index is 12.7. The number of carbonyl (C=O) groups excluding carboxylic acids is 1. The number of nitrogens with zero attached hydrogens (tertiary/aromatic N) is 1. The molecule has 1 heterocycles. The summed E-state index contributed by atoms with van der Waals surface area (Å²) in [5.41, 5.74) is 2.01. The lowest BCUT2D eigenvalue weighted by Crippen LogP contribution is -2.45. The molecule has 3 nitrogen and oxygen atoms in total. The summed E-state index contributed by atoms with van der Waals surface area (Å²) in [5, 5.41) is 3.52. The van der Waals surface area contributed by atoms with E-state index in [1.807, 2.05) is 23.1 Å². The Labute approximate surface area is 122 Å². The number of carbonyl (C=O) groups is 1. The lowest BCUT2D eigenvalue weighted by molar-refractivity contribution is 0.0740. The molecule has 1 atom stereocenters. The fourth-order valence-corrected chi connectivity index (χ4v) is 2.91. The molecular formula is C17H26N2O. The maximum absolute atomic E-state index is 12.7. The molecule has 1 fully saturated rings. The van der Waals surface area contributed by atoms with Gasteiger partial charge in [-0.05, 0) is 44.4 Å². The van der Waals surface area contributed by atoms with E-state index >= 15 is 0 Å². The van der Waals surface area contributed by atoms with Crippen LogP contribution in [0.15, 0.2) is 24.3 Å². The van der Waals surface area contributed by atoms with Crippen LogP contribution in [0.1, 0.15) is 49.0 Å². The number of amides is 1. The van der Waals surface area contributed by atoms with Gasteiger partial charge in [-0.2, -0.15) is 0 Å². The number of benzene rings is 1. The van der Waals surface area contributed by atoms with Crippen molar-refractivity contribution >= 4 is 5.91 Å². The first-order valence-electron chi connectivity index (χ1n) is 7.86. The van der Waals surface area contributed by atoms with Gasteiger partial charge in [-0.1, -0.05) is 31.5 Å². The third-order valence-corrected chi connectivity index (χ3v) is 4.15. The highest BCUT2D eigenvalue weighted by atomic mass is 16.2. The van der Waals surface area contributed by atoms with Crippen LogP contribution in [0.4, 0.5) is 0 Å². The molecule has 3 heteroatoms. The first-order valence-corrected chi connectivity index (χ1v) is 7.86. The first kappa shape index (κ1) is 15.0. The largest absolute Gasteiger partial charge is 0.337 e. The highest BCUT2D eigenvalue weighted by Crippen LogP contribution is 2.15. The van der Waals surface area contributed by atoms with Crippen molar-refractivity contribution in [2.45, 2.75) is 45.6 Å². The zero-order valence-corrected chi connectivity index (χ0v) is 12.7. The third kappa shape index (κ3) is 3.60. The monoisotopic (exact) mass is 274 g/mol. The standard InChI is InChI=1S/C17H26N2O/c1-3-14-9-5-6-11-16(14)17(20)19(4-2)13-15-10-7-8-12-18-15/h5-6,9,11,15,18H,3-4,7-8,10,12-13H2,1-2H3. The smallest absolute Gasteiger partial charge is 0.254 e. The minimum absolute atomic E-state index is 0.178. The molecule has 0 radical (unpaired) electrons. The highest BCUT2D eigenvalue weighted by Gasteiger charge is 2.21. The Morgan fingerprint density at radius 3 is 2.75 bits per heavy atom. The van der Waals surface area contributed by atoms with Crippen molar-refractivity contribution < 1.29 is 4.79 Å². The molecule has 0 saturated carbocycles. The van der Waals surface area contributed by atoms with Crippen molar-refractivity contribution in [2.75, 3.05) is 19.6 Å². The second kappa shape index (κ2) is 7.44. The average molecular weight is 274 g/mol. The van der Waals surface area contributed by atoms with Crippen LogP contribution < -0.4 is 5.32 Å². The average Bonchev–Trinajstić information content (AvgIpc) is 2.53. The van der Waals surface area contributed by atoms with Crippen LogP contribution in [0.3, 0.4) is 0 Å². The Morgan fingerprint density at radius 1 is 1.30 bits per heavy atom.